The van der Waals surface area contributed by atoms with Gasteiger partial charge in [0, 0.05) is 18.3 Å². The van der Waals surface area contributed by atoms with E-state index in [1.165, 1.54) is 42.6 Å². The monoisotopic (exact) mass is 252 g/mol. The Bertz CT molecular complexity index is 521. The number of nitrogens with two attached hydrogens (primary N) is 1. The molecule has 1 heteroatoms. The molecule has 98 valence electrons. The second-order valence-electron chi connectivity index (χ2n) is 5.68. The molecule has 1 saturated heterocycles. The van der Waals surface area contributed by atoms with Gasteiger partial charge in [0.15, 0.2) is 0 Å². The normalized spacial score (nSPS) is 18.2. The van der Waals surface area contributed by atoms with Gasteiger partial charge < -0.3 is 5.32 Å². The molecule has 2 N–H and O–H groups in total. The molecule has 1 heterocycles. The van der Waals surface area contributed by atoms with Crippen molar-refractivity contribution in [2.45, 2.75) is 25.2 Å². The molecule has 0 unspecified atom stereocenters. The van der Waals surface area contributed by atoms with E-state index in [-0.39, 0.29) is 5.41 Å². The Morgan fingerprint density at radius 3 is 2.00 bits per heavy atom. The highest BCUT2D eigenvalue weighted by molar-refractivity contribution is 5.40. The molecule has 1 fully saturated rings. The van der Waals surface area contributed by atoms with Gasteiger partial charge in [0.05, 0.1) is 13.1 Å². The van der Waals surface area contributed by atoms with E-state index in [4.69, 9.17) is 0 Å². The van der Waals surface area contributed by atoms with Crippen molar-refractivity contribution in [1.82, 2.24) is 0 Å². The third-order valence-electron chi connectivity index (χ3n) is 4.48. The van der Waals surface area contributed by atoms with Gasteiger partial charge in [-0.15, -0.1) is 0 Å². The van der Waals surface area contributed by atoms with Gasteiger partial charge >= 0.3 is 0 Å². The standard InChI is InChI=1S/C18H21N/c1-15-7-9-17(10-8-15)18(11-13-19-14-12-18)16-5-3-2-4-6-16/h2-10,19H,11-14H2,1H3/p+1. The van der Waals surface area contributed by atoms with Crippen LogP contribution in [0.4, 0.5) is 0 Å². The zero-order valence-electron chi connectivity index (χ0n) is 11.6. The summed E-state index contributed by atoms with van der Waals surface area (Å²) in [5.41, 5.74) is 4.53. The Morgan fingerprint density at radius 2 is 1.37 bits per heavy atom. The second-order valence-corrected chi connectivity index (χ2v) is 5.68. The molecule has 2 aromatic rings. The van der Waals surface area contributed by atoms with Crippen LogP contribution in [-0.4, -0.2) is 13.1 Å². The molecular weight excluding hydrogens is 230 g/mol. The number of piperidine rings is 1. The average Bonchev–Trinajstić information content (AvgIpc) is 2.49. The van der Waals surface area contributed by atoms with Gasteiger partial charge in [0.2, 0.25) is 0 Å². The Morgan fingerprint density at radius 1 is 0.789 bits per heavy atom. The highest BCUT2D eigenvalue weighted by atomic mass is 14.9. The van der Waals surface area contributed by atoms with Crippen molar-refractivity contribution < 1.29 is 5.32 Å². The SMILES string of the molecule is Cc1ccc(C2(c3ccccc3)CC[NH2+]CC2)cc1. The molecule has 0 aliphatic carbocycles. The molecular formula is C18H22N+. The number of aryl methyl sites for hydroxylation is 1. The molecule has 2 aromatic carbocycles. The van der Waals surface area contributed by atoms with Crippen LogP contribution in [0.25, 0.3) is 0 Å². The third-order valence-corrected chi connectivity index (χ3v) is 4.48. The maximum atomic E-state index is 2.44. The molecule has 0 aromatic heterocycles. The smallest absolute Gasteiger partial charge is 0.0767 e. The van der Waals surface area contributed by atoms with Crippen molar-refractivity contribution in [3.05, 3.63) is 71.3 Å². The first-order chi connectivity index (χ1) is 9.31. The molecule has 1 aliphatic rings. The highest BCUT2D eigenvalue weighted by Gasteiger charge is 2.37. The van der Waals surface area contributed by atoms with Gasteiger partial charge in [0.25, 0.3) is 0 Å². The van der Waals surface area contributed by atoms with E-state index in [0.29, 0.717) is 0 Å². The van der Waals surface area contributed by atoms with E-state index in [1.54, 1.807) is 0 Å². The lowest BCUT2D eigenvalue weighted by molar-refractivity contribution is -0.665. The van der Waals surface area contributed by atoms with Crippen LogP contribution >= 0.6 is 0 Å². The third kappa shape index (κ3) is 2.31. The highest BCUT2D eigenvalue weighted by Crippen LogP contribution is 2.39. The summed E-state index contributed by atoms with van der Waals surface area (Å²) in [5, 5.41) is 2.44. The predicted molar refractivity (Wildman–Crippen MR) is 79.3 cm³/mol. The van der Waals surface area contributed by atoms with Crippen LogP contribution in [0.1, 0.15) is 29.5 Å². The van der Waals surface area contributed by atoms with Crippen LogP contribution < -0.4 is 5.32 Å². The first-order valence-corrected chi connectivity index (χ1v) is 7.26. The van der Waals surface area contributed by atoms with Crippen molar-refractivity contribution in [2.75, 3.05) is 13.1 Å². The molecule has 0 radical (unpaired) electrons. The summed E-state index contributed by atoms with van der Waals surface area (Å²) in [6.45, 7) is 4.61. The first-order valence-electron chi connectivity index (χ1n) is 7.26. The summed E-state index contributed by atoms with van der Waals surface area (Å²) in [5.74, 6) is 0. The summed E-state index contributed by atoms with van der Waals surface area (Å²) >= 11 is 0. The molecule has 0 saturated carbocycles. The molecule has 0 amide bonds. The van der Waals surface area contributed by atoms with Crippen LogP contribution in [0.15, 0.2) is 54.6 Å². The molecule has 19 heavy (non-hydrogen) atoms. The quantitative estimate of drug-likeness (QED) is 0.846. The Kier molecular flexibility index (Phi) is 3.39. The number of hydrogen-bond donors (Lipinski definition) is 1. The summed E-state index contributed by atoms with van der Waals surface area (Å²) in [6, 6.07) is 20.2. The van der Waals surface area contributed by atoms with E-state index >= 15 is 0 Å². The van der Waals surface area contributed by atoms with Crippen molar-refractivity contribution in [1.29, 1.82) is 0 Å². The summed E-state index contributed by atoms with van der Waals surface area (Å²) in [4.78, 5) is 0. The van der Waals surface area contributed by atoms with Gasteiger partial charge in [-0.05, 0) is 18.1 Å². The van der Waals surface area contributed by atoms with Crippen LogP contribution in [-0.2, 0) is 5.41 Å². The largest absolute Gasteiger partial charge is 0.346 e. The zero-order valence-corrected chi connectivity index (χ0v) is 11.6. The van der Waals surface area contributed by atoms with E-state index in [1.807, 2.05) is 0 Å². The van der Waals surface area contributed by atoms with Crippen LogP contribution in [0.2, 0.25) is 0 Å². The van der Waals surface area contributed by atoms with Crippen molar-refractivity contribution >= 4 is 0 Å². The minimum atomic E-state index is 0.226. The fourth-order valence-electron chi connectivity index (χ4n) is 3.34. The van der Waals surface area contributed by atoms with Gasteiger partial charge in [-0.1, -0.05) is 60.2 Å². The Hall–Kier alpha value is -1.60. The molecule has 1 aliphatic heterocycles. The average molecular weight is 252 g/mol. The molecule has 0 spiro atoms. The van der Waals surface area contributed by atoms with E-state index in [0.717, 1.165) is 0 Å². The number of quaternary nitrogens is 1. The van der Waals surface area contributed by atoms with Gasteiger partial charge in [-0.25, -0.2) is 0 Å². The zero-order chi connectivity index (χ0) is 13.1. The minimum Gasteiger partial charge on any atom is -0.346 e. The lowest BCUT2D eigenvalue weighted by atomic mass is 9.68. The van der Waals surface area contributed by atoms with Crippen LogP contribution in [0.5, 0.6) is 0 Å². The lowest BCUT2D eigenvalue weighted by Crippen LogP contribution is -2.87. The fourth-order valence-corrected chi connectivity index (χ4v) is 3.34. The van der Waals surface area contributed by atoms with Crippen molar-refractivity contribution in [3.8, 4) is 0 Å². The van der Waals surface area contributed by atoms with Crippen molar-refractivity contribution in [2.24, 2.45) is 0 Å². The second kappa shape index (κ2) is 5.18. The van der Waals surface area contributed by atoms with Gasteiger partial charge in [0.1, 0.15) is 0 Å². The van der Waals surface area contributed by atoms with E-state index in [2.05, 4.69) is 66.8 Å². The lowest BCUT2D eigenvalue weighted by Gasteiger charge is -2.37. The first kappa shape index (κ1) is 12.4. The predicted octanol–water partition coefficient (Wildman–Crippen LogP) is 2.64. The Labute approximate surface area is 115 Å². The topological polar surface area (TPSA) is 16.6 Å². The van der Waals surface area contributed by atoms with Crippen molar-refractivity contribution in [3.63, 3.8) is 0 Å². The molecule has 0 bridgehead atoms. The van der Waals surface area contributed by atoms with Gasteiger partial charge in [-0.2, -0.15) is 0 Å². The maximum Gasteiger partial charge on any atom is 0.0767 e. The Balaban J connectivity index is 2.09. The van der Waals surface area contributed by atoms with Gasteiger partial charge in [-0.3, -0.25) is 0 Å². The number of rotatable bonds is 2. The summed E-state index contributed by atoms with van der Waals surface area (Å²) in [6.07, 6.45) is 2.47. The summed E-state index contributed by atoms with van der Waals surface area (Å²) < 4.78 is 0. The van der Waals surface area contributed by atoms with Crippen LogP contribution in [0, 0.1) is 6.92 Å². The van der Waals surface area contributed by atoms with Crippen LogP contribution in [0.3, 0.4) is 0 Å². The minimum absolute atomic E-state index is 0.226. The summed E-state index contributed by atoms with van der Waals surface area (Å²) in [7, 11) is 0. The molecule has 1 nitrogen and oxygen atoms in total. The number of benzene rings is 2. The molecule has 0 atom stereocenters. The van der Waals surface area contributed by atoms with E-state index in [9.17, 15) is 0 Å². The molecule has 3 rings (SSSR count). The fraction of sp³-hybridized carbons (Fsp3) is 0.333. The maximum absolute atomic E-state index is 2.44. The number of hydrogen-bond acceptors (Lipinski definition) is 0. The van der Waals surface area contributed by atoms with E-state index < -0.39 is 0 Å².